The van der Waals surface area contributed by atoms with Gasteiger partial charge in [0, 0.05) is 0 Å². The lowest BCUT2D eigenvalue weighted by Gasteiger charge is -1.91. The van der Waals surface area contributed by atoms with Crippen LogP contribution >= 0.6 is 0 Å². The molecule has 0 heterocycles. The van der Waals surface area contributed by atoms with Crippen LogP contribution in [0.5, 0.6) is 0 Å². The Balaban J connectivity index is 3.37. The van der Waals surface area contributed by atoms with Gasteiger partial charge in [-0.05, 0) is 13.0 Å². The predicted octanol–water partition coefficient (Wildman–Crippen LogP) is 1.72. The lowest BCUT2D eigenvalue weighted by molar-refractivity contribution is 0.309. The van der Waals surface area contributed by atoms with E-state index in [0.29, 0.717) is 5.76 Å². The number of methoxy groups -OCH3 is 1. The van der Waals surface area contributed by atoms with Gasteiger partial charge in [0.1, 0.15) is 5.76 Å². The molecule has 1 heteroatoms. The van der Waals surface area contributed by atoms with Crippen molar-refractivity contribution in [2.24, 2.45) is 0 Å². The summed E-state index contributed by atoms with van der Waals surface area (Å²) >= 11 is 0. The van der Waals surface area contributed by atoms with Gasteiger partial charge in [-0.15, -0.1) is 0 Å². The SMILES string of the molecule is C=C(C=CC)OC. The van der Waals surface area contributed by atoms with Crippen LogP contribution in [-0.2, 0) is 4.74 Å². The summed E-state index contributed by atoms with van der Waals surface area (Å²) < 4.78 is 4.71. The van der Waals surface area contributed by atoms with E-state index in [1.54, 1.807) is 13.2 Å². The maximum atomic E-state index is 4.71. The molecular formula is C6H10O. The summed E-state index contributed by atoms with van der Waals surface area (Å²) in [6.45, 7) is 5.47. The predicted molar refractivity (Wildman–Crippen MR) is 31.0 cm³/mol. The summed E-state index contributed by atoms with van der Waals surface area (Å²) in [6, 6.07) is 0. The van der Waals surface area contributed by atoms with Gasteiger partial charge in [-0.3, -0.25) is 0 Å². The summed E-state index contributed by atoms with van der Waals surface area (Å²) in [5.74, 6) is 0.697. The fourth-order valence-corrected chi connectivity index (χ4v) is 0.254. The summed E-state index contributed by atoms with van der Waals surface area (Å²) in [7, 11) is 1.60. The first-order valence-corrected chi connectivity index (χ1v) is 2.17. The van der Waals surface area contributed by atoms with E-state index in [2.05, 4.69) is 6.58 Å². The summed E-state index contributed by atoms with van der Waals surface area (Å²) in [6.07, 6.45) is 3.69. The second-order valence-corrected chi connectivity index (χ2v) is 1.17. The highest BCUT2D eigenvalue weighted by molar-refractivity contribution is 5.04. The summed E-state index contributed by atoms with van der Waals surface area (Å²) in [5, 5.41) is 0. The number of allylic oxidation sites excluding steroid dienone is 2. The van der Waals surface area contributed by atoms with Crippen LogP contribution in [0.1, 0.15) is 6.92 Å². The Labute approximate surface area is 44.3 Å². The van der Waals surface area contributed by atoms with Gasteiger partial charge >= 0.3 is 0 Å². The minimum atomic E-state index is 0.697. The van der Waals surface area contributed by atoms with Gasteiger partial charge in [0.15, 0.2) is 0 Å². The maximum absolute atomic E-state index is 4.71. The molecular weight excluding hydrogens is 88.1 g/mol. The normalized spacial score (nSPS) is 9.43. The molecule has 0 aromatic carbocycles. The molecule has 0 atom stereocenters. The van der Waals surface area contributed by atoms with E-state index >= 15 is 0 Å². The van der Waals surface area contributed by atoms with Crippen LogP contribution in [0.25, 0.3) is 0 Å². The molecule has 0 rings (SSSR count). The van der Waals surface area contributed by atoms with Crippen LogP contribution in [-0.4, -0.2) is 7.11 Å². The van der Waals surface area contributed by atoms with Crippen molar-refractivity contribution in [2.75, 3.05) is 7.11 Å². The van der Waals surface area contributed by atoms with Crippen molar-refractivity contribution >= 4 is 0 Å². The number of rotatable bonds is 2. The van der Waals surface area contributed by atoms with Gasteiger partial charge in [-0.2, -0.15) is 0 Å². The van der Waals surface area contributed by atoms with Crippen LogP contribution in [0.4, 0.5) is 0 Å². The zero-order valence-corrected chi connectivity index (χ0v) is 4.77. The molecule has 0 fully saturated rings. The molecule has 0 aliphatic rings. The van der Waals surface area contributed by atoms with Crippen molar-refractivity contribution in [1.29, 1.82) is 0 Å². The molecule has 0 amide bonds. The third-order valence-electron chi connectivity index (χ3n) is 0.615. The van der Waals surface area contributed by atoms with E-state index < -0.39 is 0 Å². The van der Waals surface area contributed by atoms with E-state index in [1.807, 2.05) is 13.0 Å². The Hall–Kier alpha value is -0.720. The van der Waals surface area contributed by atoms with Gasteiger partial charge in [0.25, 0.3) is 0 Å². The molecule has 0 bridgehead atoms. The molecule has 40 valence electrons. The van der Waals surface area contributed by atoms with E-state index in [9.17, 15) is 0 Å². The molecule has 0 saturated carbocycles. The first-order chi connectivity index (χ1) is 3.31. The number of hydrogen-bond donors (Lipinski definition) is 0. The molecule has 0 aliphatic heterocycles. The van der Waals surface area contributed by atoms with Gasteiger partial charge < -0.3 is 4.74 Å². The zero-order valence-electron chi connectivity index (χ0n) is 4.77. The van der Waals surface area contributed by atoms with Gasteiger partial charge in [-0.25, -0.2) is 0 Å². The van der Waals surface area contributed by atoms with Crippen LogP contribution in [0, 0.1) is 0 Å². The van der Waals surface area contributed by atoms with Crippen LogP contribution < -0.4 is 0 Å². The highest BCUT2D eigenvalue weighted by Gasteiger charge is 1.74. The minimum Gasteiger partial charge on any atom is -0.497 e. The van der Waals surface area contributed by atoms with Crippen molar-refractivity contribution in [2.45, 2.75) is 6.92 Å². The first kappa shape index (κ1) is 6.28. The van der Waals surface area contributed by atoms with E-state index in [0.717, 1.165) is 0 Å². The third-order valence-corrected chi connectivity index (χ3v) is 0.615. The Bertz CT molecular complexity index is 82.2. The van der Waals surface area contributed by atoms with Crippen LogP contribution in [0.2, 0.25) is 0 Å². The van der Waals surface area contributed by atoms with Gasteiger partial charge in [0.2, 0.25) is 0 Å². The average molecular weight is 98.1 g/mol. The molecule has 0 aromatic rings. The fourth-order valence-electron chi connectivity index (χ4n) is 0.254. The molecule has 0 unspecified atom stereocenters. The molecule has 0 spiro atoms. The smallest absolute Gasteiger partial charge is 0.111 e. The number of hydrogen-bond acceptors (Lipinski definition) is 1. The second kappa shape index (κ2) is 3.47. The highest BCUT2D eigenvalue weighted by Crippen LogP contribution is 1.89. The van der Waals surface area contributed by atoms with Gasteiger partial charge in [0.05, 0.1) is 7.11 Å². The summed E-state index contributed by atoms with van der Waals surface area (Å²) in [4.78, 5) is 0. The van der Waals surface area contributed by atoms with Gasteiger partial charge in [-0.1, -0.05) is 12.7 Å². The molecule has 0 aliphatic carbocycles. The first-order valence-electron chi connectivity index (χ1n) is 2.17. The molecule has 0 radical (unpaired) electrons. The van der Waals surface area contributed by atoms with Crippen molar-refractivity contribution in [3.05, 3.63) is 24.5 Å². The Morgan fingerprint density at radius 1 is 1.71 bits per heavy atom. The molecule has 0 N–H and O–H groups in total. The van der Waals surface area contributed by atoms with Crippen LogP contribution in [0.15, 0.2) is 24.5 Å². The fraction of sp³-hybridized carbons (Fsp3) is 0.333. The second-order valence-electron chi connectivity index (χ2n) is 1.17. The Morgan fingerprint density at radius 2 is 2.29 bits per heavy atom. The summed E-state index contributed by atoms with van der Waals surface area (Å²) in [5.41, 5.74) is 0. The number of ether oxygens (including phenoxy) is 1. The van der Waals surface area contributed by atoms with Crippen molar-refractivity contribution < 1.29 is 4.74 Å². The monoisotopic (exact) mass is 98.1 g/mol. The lowest BCUT2D eigenvalue weighted by atomic mass is 10.5. The molecule has 1 nitrogen and oxygen atoms in total. The third kappa shape index (κ3) is 3.10. The van der Waals surface area contributed by atoms with Crippen molar-refractivity contribution in [1.82, 2.24) is 0 Å². The van der Waals surface area contributed by atoms with E-state index in [1.165, 1.54) is 0 Å². The van der Waals surface area contributed by atoms with Crippen molar-refractivity contribution in [3.8, 4) is 0 Å². The zero-order chi connectivity index (χ0) is 5.70. The largest absolute Gasteiger partial charge is 0.497 e. The molecule has 7 heavy (non-hydrogen) atoms. The van der Waals surface area contributed by atoms with E-state index in [4.69, 9.17) is 4.74 Å². The molecule has 0 saturated heterocycles. The van der Waals surface area contributed by atoms with Crippen molar-refractivity contribution in [3.63, 3.8) is 0 Å². The minimum absolute atomic E-state index is 0.697. The van der Waals surface area contributed by atoms with E-state index in [-0.39, 0.29) is 0 Å². The Morgan fingerprint density at radius 3 is 2.43 bits per heavy atom. The highest BCUT2D eigenvalue weighted by atomic mass is 16.5. The lowest BCUT2D eigenvalue weighted by Crippen LogP contribution is -1.74. The Kier molecular flexibility index (Phi) is 3.11. The molecule has 0 aromatic heterocycles. The van der Waals surface area contributed by atoms with Crippen LogP contribution in [0.3, 0.4) is 0 Å². The average Bonchev–Trinajstić information content (AvgIpc) is 1.68. The standard InChI is InChI=1S/C6H10O/c1-4-5-6(2)7-3/h4-5H,2H2,1,3H3. The topological polar surface area (TPSA) is 9.23 Å². The quantitative estimate of drug-likeness (QED) is 0.377. The maximum Gasteiger partial charge on any atom is 0.111 e.